The quantitative estimate of drug-likeness (QED) is 0.408. The van der Waals surface area contributed by atoms with Crippen LogP contribution in [0.4, 0.5) is 0 Å². The Kier molecular flexibility index (Phi) is 6.13. The zero-order valence-corrected chi connectivity index (χ0v) is 19.2. The van der Waals surface area contributed by atoms with Crippen LogP contribution >= 0.6 is 0 Å². The van der Waals surface area contributed by atoms with E-state index in [1.54, 1.807) is 57.9 Å². The first-order valence-electron chi connectivity index (χ1n) is 10.4. The summed E-state index contributed by atoms with van der Waals surface area (Å²) in [6.07, 6.45) is 1.66. The van der Waals surface area contributed by atoms with Gasteiger partial charge in [-0.3, -0.25) is 4.79 Å². The fourth-order valence-corrected chi connectivity index (χ4v) is 3.52. The van der Waals surface area contributed by atoms with Gasteiger partial charge in [0.1, 0.15) is 5.75 Å². The summed E-state index contributed by atoms with van der Waals surface area (Å²) in [4.78, 5) is 18.3. The highest BCUT2D eigenvalue weighted by Crippen LogP contribution is 2.32. The maximum atomic E-state index is 13.5. The average Bonchev–Trinajstić information content (AvgIpc) is 2.84. The van der Waals surface area contributed by atoms with Crippen molar-refractivity contribution in [2.24, 2.45) is 5.10 Å². The molecule has 0 saturated carbocycles. The van der Waals surface area contributed by atoms with E-state index >= 15 is 0 Å². The smallest absolute Gasteiger partial charge is 0.282 e. The van der Waals surface area contributed by atoms with E-state index in [-0.39, 0.29) is 5.56 Å². The van der Waals surface area contributed by atoms with Crippen molar-refractivity contribution in [1.29, 1.82) is 0 Å². The topological polar surface area (TPSA) is 74.9 Å². The summed E-state index contributed by atoms with van der Waals surface area (Å²) < 4.78 is 17.4. The van der Waals surface area contributed by atoms with Crippen LogP contribution in [0.15, 0.2) is 64.5 Å². The number of ether oxygens (including phenoxy) is 3. The molecule has 0 N–H and O–H groups in total. The van der Waals surface area contributed by atoms with Crippen LogP contribution in [0.3, 0.4) is 0 Å². The van der Waals surface area contributed by atoms with Crippen molar-refractivity contribution in [3.05, 3.63) is 81.6 Å². The third-order valence-electron chi connectivity index (χ3n) is 5.55. The molecular weight excluding hydrogens is 418 g/mol. The SMILES string of the molecule is COc1ccc2nc(-c3ccc(OC)c(OC)c3)n(N=Cc3ccc(C)c(C)c3)c(=O)c2c1. The molecule has 0 spiro atoms. The van der Waals surface area contributed by atoms with Crippen LogP contribution in [0, 0.1) is 13.8 Å². The number of aromatic nitrogens is 2. The first-order valence-corrected chi connectivity index (χ1v) is 10.4. The molecule has 0 atom stereocenters. The van der Waals surface area contributed by atoms with Crippen molar-refractivity contribution in [2.45, 2.75) is 13.8 Å². The molecule has 7 heteroatoms. The molecule has 33 heavy (non-hydrogen) atoms. The molecule has 3 aromatic carbocycles. The van der Waals surface area contributed by atoms with Crippen molar-refractivity contribution in [3.8, 4) is 28.6 Å². The molecule has 0 aliphatic carbocycles. The van der Waals surface area contributed by atoms with E-state index in [1.807, 2.05) is 31.2 Å². The summed E-state index contributed by atoms with van der Waals surface area (Å²) >= 11 is 0. The van der Waals surface area contributed by atoms with Gasteiger partial charge in [0.15, 0.2) is 17.3 Å². The maximum Gasteiger partial charge on any atom is 0.282 e. The van der Waals surface area contributed by atoms with Crippen molar-refractivity contribution in [2.75, 3.05) is 21.3 Å². The lowest BCUT2D eigenvalue weighted by molar-refractivity contribution is 0.355. The van der Waals surface area contributed by atoms with Crippen molar-refractivity contribution < 1.29 is 14.2 Å². The number of hydrogen-bond donors (Lipinski definition) is 0. The van der Waals surface area contributed by atoms with E-state index < -0.39 is 0 Å². The van der Waals surface area contributed by atoms with E-state index in [9.17, 15) is 4.79 Å². The molecule has 4 aromatic rings. The largest absolute Gasteiger partial charge is 0.497 e. The first-order chi connectivity index (χ1) is 15.9. The monoisotopic (exact) mass is 443 g/mol. The second-order valence-electron chi connectivity index (χ2n) is 7.59. The summed E-state index contributed by atoms with van der Waals surface area (Å²) in [5.74, 6) is 2.08. The van der Waals surface area contributed by atoms with Crippen LogP contribution < -0.4 is 19.8 Å². The molecule has 0 aliphatic rings. The molecule has 1 heterocycles. The number of rotatable bonds is 6. The van der Waals surface area contributed by atoms with Crippen LogP contribution in [0.25, 0.3) is 22.3 Å². The highest BCUT2D eigenvalue weighted by atomic mass is 16.5. The van der Waals surface area contributed by atoms with E-state index in [4.69, 9.17) is 19.2 Å². The first kappa shape index (κ1) is 22.1. The molecule has 1 aromatic heterocycles. The Balaban J connectivity index is 1.95. The van der Waals surface area contributed by atoms with Crippen molar-refractivity contribution in [3.63, 3.8) is 0 Å². The maximum absolute atomic E-state index is 13.5. The van der Waals surface area contributed by atoms with Gasteiger partial charge in [0, 0.05) is 5.56 Å². The molecule has 0 radical (unpaired) electrons. The fourth-order valence-electron chi connectivity index (χ4n) is 3.52. The minimum atomic E-state index is -0.302. The second kappa shape index (κ2) is 9.16. The van der Waals surface area contributed by atoms with Gasteiger partial charge in [0.2, 0.25) is 0 Å². The van der Waals surface area contributed by atoms with Gasteiger partial charge in [0.25, 0.3) is 5.56 Å². The number of aryl methyl sites for hydroxylation is 2. The second-order valence-corrected chi connectivity index (χ2v) is 7.59. The average molecular weight is 444 g/mol. The van der Waals surface area contributed by atoms with Gasteiger partial charge in [0.05, 0.1) is 38.4 Å². The van der Waals surface area contributed by atoms with Crippen LogP contribution in [0.5, 0.6) is 17.2 Å². The molecule has 168 valence electrons. The summed E-state index contributed by atoms with van der Waals surface area (Å²) in [7, 11) is 4.69. The number of fused-ring (bicyclic) bond motifs is 1. The van der Waals surface area contributed by atoms with Crippen molar-refractivity contribution >= 4 is 17.1 Å². The predicted molar refractivity (Wildman–Crippen MR) is 130 cm³/mol. The van der Waals surface area contributed by atoms with Gasteiger partial charge in [-0.25, -0.2) is 4.98 Å². The van der Waals surface area contributed by atoms with Gasteiger partial charge in [-0.05, 0) is 66.9 Å². The van der Waals surface area contributed by atoms with Gasteiger partial charge in [-0.1, -0.05) is 18.2 Å². The minimum absolute atomic E-state index is 0.302. The van der Waals surface area contributed by atoms with Crippen molar-refractivity contribution in [1.82, 2.24) is 9.66 Å². The third-order valence-corrected chi connectivity index (χ3v) is 5.55. The van der Waals surface area contributed by atoms with Gasteiger partial charge in [-0.15, -0.1) is 0 Å². The van der Waals surface area contributed by atoms with E-state index in [1.165, 1.54) is 10.2 Å². The molecule has 0 saturated heterocycles. The molecule has 0 unspecified atom stereocenters. The van der Waals surface area contributed by atoms with E-state index in [2.05, 4.69) is 12.0 Å². The normalized spacial score (nSPS) is 11.2. The predicted octanol–water partition coefficient (Wildman–Crippen LogP) is 4.59. The Bertz CT molecular complexity index is 1420. The van der Waals surface area contributed by atoms with Gasteiger partial charge < -0.3 is 14.2 Å². The minimum Gasteiger partial charge on any atom is -0.497 e. The lowest BCUT2D eigenvalue weighted by Crippen LogP contribution is -2.20. The zero-order chi connectivity index (χ0) is 23.5. The molecule has 0 bridgehead atoms. The standard InChI is InChI=1S/C26H25N3O4/c1-16-6-7-18(12-17(16)2)15-27-29-25(19-8-11-23(32-4)24(13-19)33-5)28-22-10-9-20(31-3)14-21(22)26(29)30/h6-15H,1-5H3. The van der Waals surface area contributed by atoms with E-state index in [0.29, 0.717) is 39.5 Å². The number of benzene rings is 3. The third kappa shape index (κ3) is 4.30. The Morgan fingerprint density at radius 1 is 0.848 bits per heavy atom. The molecule has 0 amide bonds. The fraction of sp³-hybridized carbons (Fsp3) is 0.192. The Morgan fingerprint density at radius 3 is 2.33 bits per heavy atom. The molecule has 0 fully saturated rings. The highest BCUT2D eigenvalue weighted by Gasteiger charge is 2.15. The van der Waals surface area contributed by atoms with Gasteiger partial charge >= 0.3 is 0 Å². The Morgan fingerprint density at radius 2 is 1.64 bits per heavy atom. The lowest BCUT2D eigenvalue weighted by Gasteiger charge is -2.13. The zero-order valence-electron chi connectivity index (χ0n) is 19.2. The van der Waals surface area contributed by atoms with E-state index in [0.717, 1.165) is 11.1 Å². The van der Waals surface area contributed by atoms with Gasteiger partial charge in [-0.2, -0.15) is 9.78 Å². The number of methoxy groups -OCH3 is 3. The number of nitrogens with zero attached hydrogens (tertiary/aromatic N) is 3. The summed E-state index contributed by atoms with van der Waals surface area (Å²) in [5, 5.41) is 4.94. The molecular formula is C26H25N3O4. The summed E-state index contributed by atoms with van der Waals surface area (Å²) in [6.45, 7) is 4.09. The molecule has 0 aliphatic heterocycles. The lowest BCUT2D eigenvalue weighted by atomic mass is 10.1. The number of hydrogen-bond acceptors (Lipinski definition) is 6. The molecule has 7 nitrogen and oxygen atoms in total. The Labute approximate surface area is 191 Å². The van der Waals surface area contributed by atoms with Crippen LogP contribution in [0.2, 0.25) is 0 Å². The highest BCUT2D eigenvalue weighted by molar-refractivity contribution is 5.83. The van der Waals surface area contributed by atoms with Crippen LogP contribution in [-0.2, 0) is 0 Å². The Hall–Kier alpha value is -4.13. The van der Waals surface area contributed by atoms with Crippen LogP contribution in [0.1, 0.15) is 16.7 Å². The summed E-state index contributed by atoms with van der Waals surface area (Å²) in [5.41, 5.74) is 4.13. The summed E-state index contributed by atoms with van der Waals surface area (Å²) in [6, 6.07) is 16.6. The van der Waals surface area contributed by atoms with Crippen LogP contribution in [-0.4, -0.2) is 37.2 Å². The molecule has 4 rings (SSSR count).